The minimum absolute atomic E-state index is 0.232. The minimum Gasteiger partial charge on any atom is -0.391 e. The van der Waals surface area contributed by atoms with Gasteiger partial charge in [0, 0.05) is 13.1 Å². The summed E-state index contributed by atoms with van der Waals surface area (Å²) in [5, 5.41) is 14.9. The Balaban J connectivity index is 1.98. The van der Waals surface area contributed by atoms with Crippen LogP contribution in [-0.2, 0) is 4.74 Å². The van der Waals surface area contributed by atoms with Crippen LogP contribution in [0.5, 0.6) is 0 Å². The molecule has 1 aliphatic carbocycles. The number of amides is 2. The van der Waals surface area contributed by atoms with E-state index in [4.69, 9.17) is 4.74 Å². The highest BCUT2D eigenvalue weighted by Gasteiger charge is 2.12. The van der Waals surface area contributed by atoms with Gasteiger partial charge in [0.2, 0.25) is 0 Å². The predicted octanol–water partition coefficient (Wildman–Crippen LogP) is 2.19. The first-order valence-electron chi connectivity index (χ1n) is 8.03. The normalized spacial score (nSPS) is 18.3. The molecule has 0 aromatic carbocycles. The lowest BCUT2D eigenvalue weighted by Gasteiger charge is -2.16. The van der Waals surface area contributed by atoms with Crippen LogP contribution < -0.4 is 10.6 Å². The molecule has 1 unspecified atom stereocenters. The Labute approximate surface area is 122 Å². The van der Waals surface area contributed by atoms with E-state index >= 15 is 0 Å². The number of rotatable bonds is 8. The minimum atomic E-state index is -0.451. The zero-order chi connectivity index (χ0) is 14.6. The molecule has 2 amide bonds. The highest BCUT2D eigenvalue weighted by molar-refractivity contribution is 5.73. The second-order valence-corrected chi connectivity index (χ2v) is 5.56. The predicted molar refractivity (Wildman–Crippen MR) is 79.8 cm³/mol. The molecule has 0 aliphatic heterocycles. The van der Waals surface area contributed by atoms with Crippen LogP contribution in [-0.4, -0.2) is 43.0 Å². The summed E-state index contributed by atoms with van der Waals surface area (Å²) in [6.07, 6.45) is 9.00. The van der Waals surface area contributed by atoms with Gasteiger partial charge in [-0.1, -0.05) is 39.0 Å². The van der Waals surface area contributed by atoms with E-state index in [1.165, 1.54) is 25.7 Å². The molecule has 3 N–H and O–H groups in total. The SMILES string of the molecule is CCCC(O)CNC(=O)NCCOC1CCCCCC1. The van der Waals surface area contributed by atoms with Crippen LogP contribution in [0.2, 0.25) is 0 Å². The van der Waals surface area contributed by atoms with Crippen LogP contribution in [0.15, 0.2) is 0 Å². The summed E-state index contributed by atoms with van der Waals surface area (Å²) >= 11 is 0. The van der Waals surface area contributed by atoms with Crippen LogP contribution >= 0.6 is 0 Å². The quantitative estimate of drug-likeness (QED) is 0.473. The van der Waals surface area contributed by atoms with Crippen molar-refractivity contribution in [3.05, 3.63) is 0 Å². The van der Waals surface area contributed by atoms with E-state index in [9.17, 15) is 9.90 Å². The van der Waals surface area contributed by atoms with Crippen LogP contribution in [0, 0.1) is 0 Å². The monoisotopic (exact) mass is 286 g/mol. The standard InChI is InChI=1S/C15H30N2O3/c1-2-7-13(18)12-17-15(19)16-10-11-20-14-8-5-3-4-6-9-14/h13-14,18H,2-12H2,1H3,(H2,16,17,19). The van der Waals surface area contributed by atoms with Gasteiger partial charge >= 0.3 is 6.03 Å². The third-order valence-corrected chi connectivity index (χ3v) is 3.66. The van der Waals surface area contributed by atoms with Gasteiger partial charge in [0.05, 0.1) is 18.8 Å². The second kappa shape index (κ2) is 10.9. The average molecular weight is 286 g/mol. The lowest BCUT2D eigenvalue weighted by atomic mass is 10.1. The van der Waals surface area contributed by atoms with Gasteiger partial charge in [0.25, 0.3) is 0 Å². The fraction of sp³-hybridized carbons (Fsp3) is 0.933. The van der Waals surface area contributed by atoms with E-state index in [-0.39, 0.29) is 6.03 Å². The van der Waals surface area contributed by atoms with Crippen molar-refractivity contribution in [2.75, 3.05) is 19.7 Å². The van der Waals surface area contributed by atoms with Crippen molar-refractivity contribution < 1.29 is 14.6 Å². The van der Waals surface area contributed by atoms with Gasteiger partial charge in [0.1, 0.15) is 0 Å². The van der Waals surface area contributed by atoms with Crippen molar-refractivity contribution >= 4 is 6.03 Å². The van der Waals surface area contributed by atoms with Crippen molar-refractivity contribution in [2.24, 2.45) is 0 Å². The number of urea groups is 1. The third-order valence-electron chi connectivity index (χ3n) is 3.66. The summed E-state index contributed by atoms with van der Waals surface area (Å²) in [5.41, 5.74) is 0. The smallest absolute Gasteiger partial charge is 0.314 e. The molecule has 118 valence electrons. The fourth-order valence-electron chi connectivity index (χ4n) is 2.51. The van der Waals surface area contributed by atoms with Gasteiger partial charge in [-0.25, -0.2) is 4.79 Å². The fourth-order valence-corrected chi connectivity index (χ4v) is 2.51. The van der Waals surface area contributed by atoms with Crippen molar-refractivity contribution in [2.45, 2.75) is 70.5 Å². The van der Waals surface area contributed by atoms with Crippen molar-refractivity contribution in [1.29, 1.82) is 0 Å². The number of hydrogen-bond donors (Lipinski definition) is 3. The van der Waals surface area contributed by atoms with Crippen LogP contribution in [0.3, 0.4) is 0 Å². The Morgan fingerprint density at radius 2 is 1.95 bits per heavy atom. The maximum Gasteiger partial charge on any atom is 0.314 e. The first-order chi connectivity index (χ1) is 9.72. The zero-order valence-corrected chi connectivity index (χ0v) is 12.7. The molecule has 1 aliphatic rings. The van der Waals surface area contributed by atoms with E-state index in [0.717, 1.165) is 19.3 Å². The molecule has 20 heavy (non-hydrogen) atoms. The van der Waals surface area contributed by atoms with Crippen LogP contribution in [0.4, 0.5) is 4.79 Å². The summed E-state index contributed by atoms with van der Waals surface area (Å²) in [6, 6.07) is -0.232. The molecule has 0 aromatic rings. The first kappa shape index (κ1) is 17.2. The highest BCUT2D eigenvalue weighted by atomic mass is 16.5. The van der Waals surface area contributed by atoms with Gasteiger partial charge in [-0.3, -0.25) is 0 Å². The number of carbonyl (C=O) groups excluding carboxylic acids is 1. The molecule has 0 spiro atoms. The molecule has 5 heteroatoms. The summed E-state index contributed by atoms with van der Waals surface area (Å²) in [7, 11) is 0. The largest absolute Gasteiger partial charge is 0.391 e. The molecule has 0 aromatic heterocycles. The molecule has 5 nitrogen and oxygen atoms in total. The van der Waals surface area contributed by atoms with Gasteiger partial charge in [-0.2, -0.15) is 0 Å². The van der Waals surface area contributed by atoms with E-state index in [1.54, 1.807) is 0 Å². The summed E-state index contributed by atoms with van der Waals surface area (Å²) < 4.78 is 5.79. The van der Waals surface area contributed by atoms with Gasteiger partial charge in [0.15, 0.2) is 0 Å². The number of carbonyl (C=O) groups is 1. The zero-order valence-electron chi connectivity index (χ0n) is 12.7. The first-order valence-corrected chi connectivity index (χ1v) is 8.03. The number of aliphatic hydroxyl groups excluding tert-OH is 1. The third kappa shape index (κ3) is 8.38. The number of nitrogens with one attached hydrogen (secondary N) is 2. The molecule has 1 saturated carbocycles. The maximum absolute atomic E-state index is 11.5. The van der Waals surface area contributed by atoms with Crippen LogP contribution in [0.25, 0.3) is 0 Å². The average Bonchev–Trinajstić information content (AvgIpc) is 2.70. The summed E-state index contributed by atoms with van der Waals surface area (Å²) in [6.45, 7) is 3.40. The molecule has 1 fully saturated rings. The van der Waals surface area contributed by atoms with Crippen molar-refractivity contribution in [1.82, 2.24) is 10.6 Å². The van der Waals surface area contributed by atoms with Crippen LogP contribution in [0.1, 0.15) is 58.3 Å². The maximum atomic E-state index is 11.5. The number of aliphatic hydroxyl groups is 1. The Kier molecular flexibility index (Phi) is 9.41. The highest BCUT2D eigenvalue weighted by Crippen LogP contribution is 2.19. The van der Waals surface area contributed by atoms with Gasteiger partial charge < -0.3 is 20.5 Å². The van der Waals surface area contributed by atoms with Gasteiger partial charge in [-0.15, -0.1) is 0 Å². The van der Waals surface area contributed by atoms with E-state index < -0.39 is 6.10 Å². The Morgan fingerprint density at radius 3 is 2.60 bits per heavy atom. The Hall–Kier alpha value is -0.810. The second-order valence-electron chi connectivity index (χ2n) is 5.56. The Morgan fingerprint density at radius 1 is 1.25 bits per heavy atom. The molecule has 0 radical (unpaired) electrons. The summed E-state index contributed by atoms with van der Waals surface area (Å²) in [5.74, 6) is 0. The van der Waals surface area contributed by atoms with Crippen molar-refractivity contribution in [3.8, 4) is 0 Å². The van der Waals surface area contributed by atoms with E-state index in [1.807, 2.05) is 6.92 Å². The molecule has 0 bridgehead atoms. The Bertz CT molecular complexity index is 254. The van der Waals surface area contributed by atoms with E-state index in [2.05, 4.69) is 10.6 Å². The van der Waals surface area contributed by atoms with E-state index in [0.29, 0.717) is 32.2 Å². The number of ether oxygens (including phenoxy) is 1. The van der Waals surface area contributed by atoms with Gasteiger partial charge in [-0.05, 0) is 19.3 Å². The molecule has 1 rings (SSSR count). The summed E-state index contributed by atoms with van der Waals surface area (Å²) in [4.78, 5) is 11.5. The lowest BCUT2D eigenvalue weighted by molar-refractivity contribution is 0.0460. The topological polar surface area (TPSA) is 70.6 Å². The molecule has 0 saturated heterocycles. The van der Waals surface area contributed by atoms with Crippen molar-refractivity contribution in [3.63, 3.8) is 0 Å². The molecule has 0 heterocycles. The number of hydrogen-bond acceptors (Lipinski definition) is 3. The molecule has 1 atom stereocenters. The molecular formula is C15H30N2O3. The molecular weight excluding hydrogens is 256 g/mol. The lowest BCUT2D eigenvalue weighted by Crippen LogP contribution is -2.41.